The number of rotatable bonds is 7. The number of thioether (sulfide) groups is 1. The lowest BCUT2D eigenvalue weighted by Gasteiger charge is -2.15. The second-order valence-corrected chi connectivity index (χ2v) is 8.49. The van der Waals surface area contributed by atoms with E-state index in [1.807, 2.05) is 0 Å². The van der Waals surface area contributed by atoms with E-state index in [1.54, 1.807) is 12.1 Å². The number of nitrogens with zero attached hydrogens (tertiary/aromatic N) is 2. The normalized spacial score (nSPS) is 16.0. The Hall–Kier alpha value is -1.84. The maximum Gasteiger partial charge on any atom is 0.263 e. The first-order chi connectivity index (χ1) is 12.3. The fraction of sp³-hybridized carbons (Fsp3) is 0.412. The fourth-order valence-corrected chi connectivity index (χ4v) is 4.37. The Kier molecular flexibility index (Phi) is 7.24. The van der Waals surface area contributed by atoms with Gasteiger partial charge in [-0.2, -0.15) is 0 Å². The standard InChI is InChI=1S/C17H24N4O3S2/c1-4-21(5-2)11-10-15-12-18-17(25-15)20-26(23,24)16-8-6-14(7-9-16)19-13(3)22/h6-10H,4-5,11-12H2,1-3H3,(H,18,20)(H,19,22)/b15-10-. The van der Waals surface area contributed by atoms with Crippen LogP contribution in [0, 0.1) is 0 Å². The summed E-state index contributed by atoms with van der Waals surface area (Å²) in [4.78, 5) is 18.7. The quantitative estimate of drug-likeness (QED) is 0.738. The van der Waals surface area contributed by atoms with Crippen LogP contribution in [-0.4, -0.2) is 50.6 Å². The van der Waals surface area contributed by atoms with Gasteiger partial charge in [-0.25, -0.2) is 8.42 Å². The molecule has 142 valence electrons. The van der Waals surface area contributed by atoms with E-state index in [2.05, 4.69) is 39.9 Å². The van der Waals surface area contributed by atoms with Gasteiger partial charge in [-0.1, -0.05) is 31.7 Å². The molecular formula is C17H24N4O3S2. The Morgan fingerprint density at radius 2 is 1.92 bits per heavy atom. The molecule has 1 aromatic carbocycles. The number of benzene rings is 1. The van der Waals surface area contributed by atoms with Gasteiger partial charge in [0.1, 0.15) is 0 Å². The summed E-state index contributed by atoms with van der Waals surface area (Å²) in [5.41, 5.74) is 0.547. The maximum absolute atomic E-state index is 12.5. The lowest BCUT2D eigenvalue weighted by Crippen LogP contribution is -2.27. The number of carbonyl (C=O) groups is 1. The highest BCUT2D eigenvalue weighted by atomic mass is 32.2. The molecule has 0 spiro atoms. The number of amidine groups is 1. The molecule has 0 atom stereocenters. The number of amides is 1. The van der Waals surface area contributed by atoms with E-state index in [-0.39, 0.29) is 10.8 Å². The number of hydrogen-bond acceptors (Lipinski definition) is 6. The summed E-state index contributed by atoms with van der Waals surface area (Å²) >= 11 is 1.34. The molecule has 2 rings (SSSR count). The average Bonchev–Trinajstić information content (AvgIpc) is 3.02. The van der Waals surface area contributed by atoms with Crippen LogP contribution in [0.2, 0.25) is 0 Å². The summed E-state index contributed by atoms with van der Waals surface area (Å²) in [5, 5.41) is 2.98. The van der Waals surface area contributed by atoms with Gasteiger partial charge in [-0.05, 0) is 37.4 Å². The van der Waals surface area contributed by atoms with Crippen LogP contribution in [0.4, 0.5) is 5.69 Å². The molecule has 1 aliphatic heterocycles. The molecule has 9 heteroatoms. The molecule has 1 amide bonds. The van der Waals surface area contributed by atoms with Crippen LogP contribution in [0.15, 0.2) is 45.1 Å². The molecule has 0 aliphatic carbocycles. The summed E-state index contributed by atoms with van der Waals surface area (Å²) in [6.07, 6.45) is 2.09. The predicted octanol–water partition coefficient (Wildman–Crippen LogP) is 2.25. The lowest BCUT2D eigenvalue weighted by atomic mass is 10.3. The van der Waals surface area contributed by atoms with Gasteiger partial charge >= 0.3 is 0 Å². The Labute approximate surface area is 159 Å². The molecule has 0 fully saturated rings. The molecule has 1 aliphatic rings. The van der Waals surface area contributed by atoms with Gasteiger partial charge in [0, 0.05) is 24.1 Å². The van der Waals surface area contributed by atoms with Gasteiger partial charge < -0.3 is 10.2 Å². The minimum atomic E-state index is -3.70. The number of likely N-dealkylation sites (N-methyl/N-ethyl adjacent to an activating group) is 1. The topological polar surface area (TPSA) is 90.9 Å². The molecule has 26 heavy (non-hydrogen) atoms. The second kappa shape index (κ2) is 9.20. The summed E-state index contributed by atoms with van der Waals surface area (Å²) in [6, 6.07) is 6.00. The van der Waals surface area contributed by atoms with Gasteiger partial charge in [0.05, 0.1) is 11.4 Å². The highest BCUT2D eigenvalue weighted by Crippen LogP contribution is 2.25. The number of sulfonamides is 1. The smallest absolute Gasteiger partial charge is 0.263 e. The highest BCUT2D eigenvalue weighted by molar-refractivity contribution is 8.18. The molecule has 7 nitrogen and oxygen atoms in total. The average molecular weight is 397 g/mol. The molecule has 0 saturated carbocycles. The minimum Gasteiger partial charge on any atom is -0.326 e. The van der Waals surface area contributed by atoms with E-state index in [0.717, 1.165) is 24.5 Å². The fourth-order valence-electron chi connectivity index (χ4n) is 2.31. The first kappa shape index (κ1) is 20.5. The van der Waals surface area contributed by atoms with E-state index < -0.39 is 10.0 Å². The van der Waals surface area contributed by atoms with Gasteiger partial charge in [0.25, 0.3) is 10.0 Å². The number of anilines is 1. The Morgan fingerprint density at radius 1 is 1.27 bits per heavy atom. The molecule has 0 unspecified atom stereocenters. The van der Waals surface area contributed by atoms with Crippen LogP contribution < -0.4 is 10.0 Å². The van der Waals surface area contributed by atoms with Crippen molar-refractivity contribution in [1.29, 1.82) is 0 Å². The van der Waals surface area contributed by atoms with Crippen LogP contribution >= 0.6 is 11.8 Å². The number of nitrogens with one attached hydrogen (secondary N) is 2. The van der Waals surface area contributed by atoms with E-state index in [9.17, 15) is 13.2 Å². The van der Waals surface area contributed by atoms with Crippen molar-refractivity contribution in [2.75, 3.05) is 31.5 Å². The molecule has 0 bridgehead atoms. The minimum absolute atomic E-state index is 0.121. The van der Waals surface area contributed by atoms with Gasteiger partial charge in [0.15, 0.2) is 5.17 Å². The van der Waals surface area contributed by atoms with Crippen molar-refractivity contribution in [3.63, 3.8) is 0 Å². The molecular weight excluding hydrogens is 372 g/mol. The largest absolute Gasteiger partial charge is 0.326 e. The number of carbonyl (C=O) groups excluding carboxylic acids is 1. The van der Waals surface area contributed by atoms with Crippen molar-refractivity contribution in [2.45, 2.75) is 25.7 Å². The predicted molar refractivity (Wildman–Crippen MR) is 107 cm³/mol. The summed E-state index contributed by atoms with van der Waals surface area (Å²) < 4.78 is 27.5. The van der Waals surface area contributed by atoms with Crippen LogP contribution in [0.5, 0.6) is 0 Å². The van der Waals surface area contributed by atoms with Crippen LogP contribution in [-0.2, 0) is 14.8 Å². The third-order valence-corrected chi connectivity index (χ3v) is 6.25. The zero-order valence-electron chi connectivity index (χ0n) is 15.2. The van der Waals surface area contributed by atoms with E-state index in [1.165, 1.54) is 30.8 Å². The Bertz CT molecular complexity index is 798. The number of aliphatic imine (C=N–C) groups is 1. The van der Waals surface area contributed by atoms with Gasteiger partial charge in [-0.3, -0.25) is 14.5 Å². The highest BCUT2D eigenvalue weighted by Gasteiger charge is 2.21. The summed E-state index contributed by atoms with van der Waals surface area (Å²) in [5.74, 6) is -0.209. The zero-order valence-corrected chi connectivity index (χ0v) is 16.8. The summed E-state index contributed by atoms with van der Waals surface area (Å²) in [7, 11) is -3.70. The van der Waals surface area contributed by atoms with Crippen molar-refractivity contribution in [1.82, 2.24) is 9.62 Å². The van der Waals surface area contributed by atoms with Crippen molar-refractivity contribution in [3.05, 3.63) is 35.2 Å². The van der Waals surface area contributed by atoms with Crippen LogP contribution in [0.1, 0.15) is 20.8 Å². The number of hydrogen-bond donors (Lipinski definition) is 2. The second-order valence-electron chi connectivity index (χ2n) is 5.69. The third-order valence-electron chi connectivity index (χ3n) is 3.78. The molecule has 1 aromatic rings. The van der Waals surface area contributed by atoms with E-state index in [0.29, 0.717) is 17.4 Å². The maximum atomic E-state index is 12.5. The van der Waals surface area contributed by atoms with Crippen molar-refractivity contribution >= 4 is 38.5 Å². The van der Waals surface area contributed by atoms with Crippen LogP contribution in [0.25, 0.3) is 0 Å². The first-order valence-corrected chi connectivity index (χ1v) is 10.7. The van der Waals surface area contributed by atoms with Crippen LogP contribution in [0.3, 0.4) is 0 Å². The molecule has 0 aromatic heterocycles. The van der Waals surface area contributed by atoms with E-state index in [4.69, 9.17) is 0 Å². The monoisotopic (exact) mass is 396 g/mol. The molecule has 0 saturated heterocycles. The van der Waals surface area contributed by atoms with Crippen molar-refractivity contribution < 1.29 is 13.2 Å². The van der Waals surface area contributed by atoms with Gasteiger partial charge in [-0.15, -0.1) is 0 Å². The van der Waals surface area contributed by atoms with E-state index >= 15 is 0 Å². The van der Waals surface area contributed by atoms with Gasteiger partial charge in [0.2, 0.25) is 5.91 Å². The SMILES string of the molecule is CCN(CC)C/C=C1/CN=C(NS(=O)(=O)c2ccc(NC(C)=O)cc2)S1. The molecule has 0 radical (unpaired) electrons. The lowest BCUT2D eigenvalue weighted by molar-refractivity contribution is -0.114. The van der Waals surface area contributed by atoms with Crippen molar-refractivity contribution in [3.8, 4) is 0 Å². The Balaban J connectivity index is 1.97. The summed E-state index contributed by atoms with van der Waals surface area (Å²) in [6.45, 7) is 8.88. The first-order valence-electron chi connectivity index (χ1n) is 8.38. The zero-order chi connectivity index (χ0) is 19.2. The molecule has 2 N–H and O–H groups in total. The molecule has 1 heterocycles. The Morgan fingerprint density at radius 3 is 2.50 bits per heavy atom. The van der Waals surface area contributed by atoms with Crippen molar-refractivity contribution in [2.24, 2.45) is 4.99 Å². The third kappa shape index (κ3) is 5.86.